The molecule has 2 aromatic rings. The number of ketones is 1. The number of nitrogens with one attached hydrogen (secondary N) is 2. The molecule has 142 valence electrons. The van der Waals surface area contributed by atoms with E-state index in [-0.39, 0.29) is 16.1 Å². The molecule has 0 spiro atoms. The molecule has 9 heteroatoms. The second kappa shape index (κ2) is 7.10. The molecule has 27 heavy (non-hydrogen) atoms. The maximum Gasteiger partial charge on any atom is 0.437 e. The van der Waals surface area contributed by atoms with Gasteiger partial charge in [-0.3, -0.25) is 4.79 Å². The van der Waals surface area contributed by atoms with Gasteiger partial charge in [-0.15, -0.1) is 0 Å². The van der Waals surface area contributed by atoms with Crippen LogP contribution in [0.5, 0.6) is 0 Å². The summed E-state index contributed by atoms with van der Waals surface area (Å²) >= 11 is 11.0. The molecule has 0 aromatic heterocycles. The first-order chi connectivity index (χ1) is 12.6. The number of thiocarbonyl (C=S) groups is 1. The Morgan fingerprint density at radius 2 is 1.70 bits per heavy atom. The second-order valence-electron chi connectivity index (χ2n) is 6.07. The molecule has 0 unspecified atom stereocenters. The SMILES string of the molecule is O=C(c1ccccc1)[C@@H]1[C@H](c2ccccc2Cl)NC(=S)N[C@]1(O)C(F)(F)F. The Kier molecular flexibility index (Phi) is 5.16. The van der Waals surface area contributed by atoms with Crippen LogP contribution in [0.3, 0.4) is 0 Å². The van der Waals surface area contributed by atoms with Crippen LogP contribution in [-0.4, -0.2) is 27.9 Å². The number of benzene rings is 2. The van der Waals surface area contributed by atoms with Crippen molar-refractivity contribution in [2.45, 2.75) is 17.9 Å². The predicted octanol–water partition coefficient (Wildman–Crippen LogP) is 3.61. The first-order valence-corrected chi connectivity index (χ1v) is 8.65. The van der Waals surface area contributed by atoms with Crippen LogP contribution >= 0.6 is 23.8 Å². The van der Waals surface area contributed by atoms with Crippen molar-refractivity contribution < 1.29 is 23.1 Å². The summed E-state index contributed by atoms with van der Waals surface area (Å²) < 4.78 is 41.5. The van der Waals surface area contributed by atoms with Crippen LogP contribution in [0.15, 0.2) is 54.6 Å². The number of aliphatic hydroxyl groups is 1. The lowest BCUT2D eigenvalue weighted by Crippen LogP contribution is -2.72. The second-order valence-corrected chi connectivity index (χ2v) is 6.89. The van der Waals surface area contributed by atoms with Crippen LogP contribution in [0, 0.1) is 5.92 Å². The van der Waals surface area contributed by atoms with Crippen LogP contribution in [0.4, 0.5) is 13.2 Å². The van der Waals surface area contributed by atoms with E-state index in [4.69, 9.17) is 23.8 Å². The molecule has 3 atom stereocenters. The summed E-state index contributed by atoms with van der Waals surface area (Å²) in [6.07, 6.45) is -5.17. The topological polar surface area (TPSA) is 61.4 Å². The first kappa shape index (κ1) is 19.6. The Morgan fingerprint density at radius 1 is 1.11 bits per heavy atom. The van der Waals surface area contributed by atoms with Gasteiger partial charge < -0.3 is 15.7 Å². The molecule has 2 aromatic carbocycles. The smallest absolute Gasteiger partial charge is 0.363 e. The fourth-order valence-electron chi connectivity index (χ4n) is 3.11. The number of hydrogen-bond donors (Lipinski definition) is 3. The number of carbonyl (C=O) groups is 1. The molecule has 4 nitrogen and oxygen atoms in total. The van der Waals surface area contributed by atoms with Crippen molar-refractivity contribution in [3.63, 3.8) is 0 Å². The van der Waals surface area contributed by atoms with Crippen LogP contribution in [-0.2, 0) is 0 Å². The van der Waals surface area contributed by atoms with Gasteiger partial charge in [0.2, 0.25) is 5.72 Å². The number of carbonyl (C=O) groups excluding carboxylic acids is 1. The third kappa shape index (κ3) is 3.52. The summed E-state index contributed by atoms with van der Waals surface area (Å²) in [5.41, 5.74) is -3.31. The highest BCUT2D eigenvalue weighted by atomic mass is 35.5. The highest BCUT2D eigenvalue weighted by Gasteiger charge is 2.65. The highest BCUT2D eigenvalue weighted by Crippen LogP contribution is 2.45. The van der Waals surface area contributed by atoms with Crippen molar-refractivity contribution in [3.8, 4) is 0 Å². The van der Waals surface area contributed by atoms with Crippen molar-refractivity contribution in [2.75, 3.05) is 0 Å². The quantitative estimate of drug-likeness (QED) is 0.529. The summed E-state index contributed by atoms with van der Waals surface area (Å²) in [5.74, 6) is -2.87. The third-order valence-electron chi connectivity index (χ3n) is 4.39. The summed E-state index contributed by atoms with van der Waals surface area (Å²) in [4.78, 5) is 13.0. The molecular formula is C18H14ClF3N2O2S. The van der Waals surface area contributed by atoms with Crippen molar-refractivity contribution in [3.05, 3.63) is 70.7 Å². The van der Waals surface area contributed by atoms with Gasteiger partial charge in [-0.2, -0.15) is 13.2 Å². The number of rotatable bonds is 3. The zero-order chi connectivity index (χ0) is 19.8. The number of hydrogen-bond acceptors (Lipinski definition) is 3. The molecule has 1 saturated heterocycles. The van der Waals surface area contributed by atoms with Crippen molar-refractivity contribution in [1.82, 2.24) is 10.6 Å². The Morgan fingerprint density at radius 3 is 2.30 bits per heavy atom. The lowest BCUT2D eigenvalue weighted by molar-refractivity contribution is -0.285. The van der Waals surface area contributed by atoms with Gasteiger partial charge in [0.1, 0.15) is 5.92 Å². The van der Waals surface area contributed by atoms with Gasteiger partial charge >= 0.3 is 6.18 Å². The molecule has 1 aliphatic heterocycles. The normalized spacial score (nSPS) is 25.4. The van der Waals surface area contributed by atoms with Gasteiger partial charge in [-0.25, -0.2) is 0 Å². The molecule has 3 rings (SSSR count). The Balaban J connectivity index is 2.19. The Hall–Kier alpha value is -2.16. The third-order valence-corrected chi connectivity index (χ3v) is 4.95. The largest absolute Gasteiger partial charge is 0.437 e. The number of halogens is 4. The summed E-state index contributed by atoms with van der Waals surface area (Å²) in [5, 5.41) is 14.8. The Labute approximate surface area is 163 Å². The maximum atomic E-state index is 13.8. The molecule has 0 aliphatic carbocycles. The molecule has 1 aliphatic rings. The fraction of sp³-hybridized carbons (Fsp3) is 0.222. The number of Topliss-reactive ketones (excluding diaryl/α,β-unsaturated/α-hetero) is 1. The van der Waals surface area contributed by atoms with E-state index in [0.717, 1.165) is 0 Å². The molecule has 0 saturated carbocycles. The molecule has 1 fully saturated rings. The van der Waals surface area contributed by atoms with Gasteiger partial charge in [0.05, 0.1) is 6.04 Å². The average Bonchev–Trinajstić information content (AvgIpc) is 2.61. The zero-order valence-electron chi connectivity index (χ0n) is 13.6. The van der Waals surface area contributed by atoms with Gasteiger partial charge in [-0.1, -0.05) is 60.1 Å². The lowest BCUT2D eigenvalue weighted by Gasteiger charge is -2.46. The molecular weight excluding hydrogens is 401 g/mol. The van der Waals surface area contributed by atoms with E-state index in [1.54, 1.807) is 18.2 Å². The molecule has 3 N–H and O–H groups in total. The highest BCUT2D eigenvalue weighted by molar-refractivity contribution is 7.80. The van der Waals surface area contributed by atoms with E-state index in [2.05, 4.69) is 5.32 Å². The van der Waals surface area contributed by atoms with Gasteiger partial charge in [0, 0.05) is 10.6 Å². The van der Waals surface area contributed by atoms with Gasteiger partial charge in [0.15, 0.2) is 10.9 Å². The van der Waals surface area contributed by atoms with E-state index in [0.29, 0.717) is 0 Å². The van der Waals surface area contributed by atoms with Gasteiger partial charge in [0.25, 0.3) is 0 Å². The minimum absolute atomic E-state index is 0.0265. The summed E-state index contributed by atoms with van der Waals surface area (Å²) in [7, 11) is 0. The summed E-state index contributed by atoms with van der Waals surface area (Å²) in [6.45, 7) is 0. The maximum absolute atomic E-state index is 13.8. The molecule has 0 bridgehead atoms. The number of alkyl halides is 3. The standard InChI is InChI=1S/C18H14ClF3N2O2S/c19-12-9-5-4-8-11(12)14-13(15(25)10-6-2-1-3-7-10)17(26,18(20,21)22)24-16(27)23-14/h1-9,13-14,26H,(H2,23,24,27)/t13-,14-,17+/m0/s1. The van der Waals surface area contributed by atoms with Crippen molar-refractivity contribution in [2.24, 2.45) is 5.92 Å². The molecule has 1 heterocycles. The van der Waals surface area contributed by atoms with E-state index < -0.39 is 34.8 Å². The van der Waals surface area contributed by atoms with E-state index in [9.17, 15) is 23.1 Å². The van der Waals surface area contributed by atoms with E-state index in [1.807, 2.05) is 5.32 Å². The van der Waals surface area contributed by atoms with Gasteiger partial charge in [-0.05, 0) is 23.8 Å². The molecule has 0 amide bonds. The monoisotopic (exact) mass is 414 g/mol. The minimum atomic E-state index is -5.17. The predicted molar refractivity (Wildman–Crippen MR) is 98.3 cm³/mol. The molecule has 0 radical (unpaired) electrons. The van der Waals surface area contributed by atoms with Crippen LogP contribution in [0.25, 0.3) is 0 Å². The minimum Gasteiger partial charge on any atom is -0.363 e. The van der Waals surface area contributed by atoms with Crippen LogP contribution in [0.2, 0.25) is 5.02 Å². The first-order valence-electron chi connectivity index (χ1n) is 7.86. The lowest BCUT2D eigenvalue weighted by atomic mass is 9.77. The van der Waals surface area contributed by atoms with E-state index in [1.165, 1.54) is 36.4 Å². The zero-order valence-corrected chi connectivity index (χ0v) is 15.2. The van der Waals surface area contributed by atoms with Crippen molar-refractivity contribution in [1.29, 1.82) is 0 Å². The summed E-state index contributed by atoms with van der Waals surface area (Å²) in [6, 6.07) is 12.3. The Bertz CT molecular complexity index is 878. The van der Waals surface area contributed by atoms with Crippen molar-refractivity contribution >= 4 is 34.7 Å². The average molecular weight is 415 g/mol. The van der Waals surface area contributed by atoms with Crippen LogP contribution in [0.1, 0.15) is 22.0 Å². The van der Waals surface area contributed by atoms with Crippen LogP contribution < -0.4 is 10.6 Å². The van der Waals surface area contributed by atoms with E-state index >= 15 is 0 Å². The fourth-order valence-corrected chi connectivity index (χ4v) is 3.64.